The fraction of sp³-hybridized carbons (Fsp3) is 0.350. The first-order chi connectivity index (χ1) is 14.1. The number of rotatable bonds is 2. The number of urea groups is 1. The molecule has 2 aliphatic rings. The molecule has 1 aromatic carbocycles. The standard InChI is InChI=1S/C20H18F3N5O2/c1-11-9-28(17(29)16(24)25-11)10-13-4-5-14-15(8-13)26-18(30)27-19(14,20(21,22)23)7-6-12-2-3-12/h4-5,8-9,12H,2-3,10H2,1H3,(H2,24,25)(H2,26,27,30). The number of nitrogen functional groups attached to an aromatic ring is 1. The van der Waals surface area contributed by atoms with Crippen LogP contribution in [0.2, 0.25) is 0 Å². The highest BCUT2D eigenvalue weighted by Crippen LogP contribution is 2.44. The van der Waals surface area contributed by atoms with Crippen LogP contribution in [-0.2, 0) is 12.1 Å². The maximum Gasteiger partial charge on any atom is 0.427 e. The van der Waals surface area contributed by atoms with Crippen molar-refractivity contribution in [3.8, 4) is 11.8 Å². The molecule has 156 valence electrons. The van der Waals surface area contributed by atoms with Gasteiger partial charge in [-0.15, -0.1) is 0 Å². The van der Waals surface area contributed by atoms with Gasteiger partial charge in [0.25, 0.3) is 5.56 Å². The minimum Gasteiger partial charge on any atom is -0.379 e. The molecule has 30 heavy (non-hydrogen) atoms. The van der Waals surface area contributed by atoms with E-state index in [0.717, 1.165) is 12.8 Å². The molecule has 1 aliphatic heterocycles. The van der Waals surface area contributed by atoms with Gasteiger partial charge < -0.3 is 20.9 Å². The van der Waals surface area contributed by atoms with Crippen molar-refractivity contribution in [1.29, 1.82) is 0 Å². The lowest BCUT2D eigenvalue weighted by atomic mass is 9.85. The molecule has 2 amide bonds. The second kappa shape index (κ2) is 6.79. The van der Waals surface area contributed by atoms with Gasteiger partial charge in [0.2, 0.25) is 5.54 Å². The lowest BCUT2D eigenvalue weighted by molar-refractivity contribution is -0.178. The van der Waals surface area contributed by atoms with E-state index in [4.69, 9.17) is 5.73 Å². The number of aromatic nitrogens is 2. The zero-order valence-electron chi connectivity index (χ0n) is 15.9. The predicted molar refractivity (Wildman–Crippen MR) is 104 cm³/mol. The van der Waals surface area contributed by atoms with Crippen molar-refractivity contribution >= 4 is 17.5 Å². The fourth-order valence-corrected chi connectivity index (χ4v) is 3.35. The first kappa shape index (κ1) is 19.8. The third-order valence-electron chi connectivity index (χ3n) is 4.98. The van der Waals surface area contributed by atoms with Crippen molar-refractivity contribution in [2.24, 2.45) is 5.92 Å². The highest BCUT2D eigenvalue weighted by atomic mass is 19.4. The Morgan fingerprint density at radius 2 is 2.07 bits per heavy atom. The Morgan fingerprint density at radius 1 is 1.33 bits per heavy atom. The quantitative estimate of drug-likeness (QED) is 0.654. The summed E-state index contributed by atoms with van der Waals surface area (Å²) >= 11 is 0. The zero-order valence-corrected chi connectivity index (χ0v) is 15.9. The molecule has 1 fully saturated rings. The molecule has 2 heterocycles. The van der Waals surface area contributed by atoms with Crippen molar-refractivity contribution in [1.82, 2.24) is 14.9 Å². The van der Waals surface area contributed by atoms with Gasteiger partial charge in [-0.2, -0.15) is 13.2 Å². The van der Waals surface area contributed by atoms with E-state index in [-0.39, 0.29) is 29.5 Å². The predicted octanol–water partition coefficient (Wildman–Crippen LogP) is 2.49. The molecule has 0 saturated heterocycles. The average Bonchev–Trinajstić information content (AvgIpc) is 3.47. The van der Waals surface area contributed by atoms with Gasteiger partial charge >= 0.3 is 12.2 Å². The van der Waals surface area contributed by atoms with Crippen molar-refractivity contribution in [3.05, 3.63) is 51.6 Å². The van der Waals surface area contributed by atoms with Crippen LogP contribution in [0.15, 0.2) is 29.2 Å². The minimum atomic E-state index is -4.82. The number of alkyl halides is 3. The number of fused-ring (bicyclic) bond motifs is 1. The van der Waals surface area contributed by atoms with E-state index in [1.165, 1.54) is 29.0 Å². The van der Waals surface area contributed by atoms with Crippen LogP contribution in [0.3, 0.4) is 0 Å². The molecule has 1 aliphatic carbocycles. The van der Waals surface area contributed by atoms with E-state index in [9.17, 15) is 22.8 Å². The van der Waals surface area contributed by atoms with Gasteiger partial charge in [0.05, 0.1) is 12.2 Å². The molecule has 1 unspecified atom stereocenters. The van der Waals surface area contributed by atoms with Crippen molar-refractivity contribution in [3.63, 3.8) is 0 Å². The summed E-state index contributed by atoms with van der Waals surface area (Å²) in [4.78, 5) is 28.2. The number of anilines is 2. The van der Waals surface area contributed by atoms with Crippen LogP contribution in [0.1, 0.15) is 29.7 Å². The Bertz CT molecular complexity index is 1160. The molecular formula is C20H18F3N5O2. The monoisotopic (exact) mass is 417 g/mol. The van der Waals surface area contributed by atoms with Crippen molar-refractivity contribution in [2.75, 3.05) is 11.1 Å². The molecule has 7 nitrogen and oxygen atoms in total. The van der Waals surface area contributed by atoms with Gasteiger partial charge in [-0.3, -0.25) is 4.79 Å². The summed E-state index contributed by atoms with van der Waals surface area (Å²) < 4.78 is 43.6. The van der Waals surface area contributed by atoms with E-state index in [1.807, 2.05) is 5.32 Å². The highest BCUT2D eigenvalue weighted by molar-refractivity contribution is 5.95. The summed E-state index contributed by atoms with van der Waals surface area (Å²) in [5.74, 6) is 4.67. The summed E-state index contributed by atoms with van der Waals surface area (Å²) in [5, 5.41) is 4.39. The van der Waals surface area contributed by atoms with Gasteiger partial charge in [0.1, 0.15) is 0 Å². The molecule has 0 spiro atoms. The number of carbonyl (C=O) groups is 1. The summed E-state index contributed by atoms with van der Waals surface area (Å²) in [6, 6.07) is 3.15. The van der Waals surface area contributed by atoms with Gasteiger partial charge in [-0.25, -0.2) is 9.78 Å². The summed E-state index contributed by atoms with van der Waals surface area (Å²) in [7, 11) is 0. The molecule has 0 bridgehead atoms. The molecule has 4 rings (SSSR count). The van der Waals surface area contributed by atoms with Crippen molar-refractivity contribution in [2.45, 2.75) is 38.0 Å². The number of nitrogens with zero attached hydrogens (tertiary/aromatic N) is 2. The van der Waals surface area contributed by atoms with Crippen LogP contribution in [0.4, 0.5) is 29.5 Å². The number of hydrogen-bond donors (Lipinski definition) is 3. The number of hydrogen-bond acceptors (Lipinski definition) is 4. The van der Waals surface area contributed by atoms with Gasteiger partial charge in [0, 0.05) is 23.4 Å². The van der Waals surface area contributed by atoms with E-state index in [1.54, 1.807) is 6.92 Å². The Balaban J connectivity index is 1.78. The number of halogens is 3. The van der Waals surface area contributed by atoms with Gasteiger partial charge in [-0.1, -0.05) is 24.0 Å². The SMILES string of the molecule is Cc1cn(Cc2ccc3c(c2)NC(=O)NC3(C#CC2CC2)C(F)(F)F)c(=O)c(N)n1. The number of nitrogens with one attached hydrogen (secondary N) is 2. The number of amides is 2. The Labute approximate surface area is 169 Å². The van der Waals surface area contributed by atoms with Crippen molar-refractivity contribution < 1.29 is 18.0 Å². The van der Waals surface area contributed by atoms with Crippen LogP contribution in [0.5, 0.6) is 0 Å². The smallest absolute Gasteiger partial charge is 0.379 e. The number of carbonyl (C=O) groups excluding carboxylic acids is 1. The molecule has 2 aromatic rings. The molecule has 10 heteroatoms. The lowest BCUT2D eigenvalue weighted by Crippen LogP contribution is -2.59. The van der Waals surface area contributed by atoms with E-state index < -0.39 is 23.3 Å². The number of aryl methyl sites for hydroxylation is 1. The molecule has 1 aromatic heterocycles. The van der Waals surface area contributed by atoms with Crippen LogP contribution in [0.25, 0.3) is 0 Å². The topological polar surface area (TPSA) is 102 Å². The Morgan fingerprint density at radius 3 is 2.73 bits per heavy atom. The third kappa shape index (κ3) is 3.47. The maximum atomic E-state index is 14.1. The first-order valence-electron chi connectivity index (χ1n) is 9.24. The Kier molecular flexibility index (Phi) is 4.49. The molecule has 1 saturated carbocycles. The molecule has 1 atom stereocenters. The average molecular weight is 417 g/mol. The minimum absolute atomic E-state index is 0.00882. The molecule has 4 N–H and O–H groups in total. The maximum absolute atomic E-state index is 14.1. The fourth-order valence-electron chi connectivity index (χ4n) is 3.35. The first-order valence-corrected chi connectivity index (χ1v) is 9.24. The normalized spacial score (nSPS) is 20.5. The van der Waals surface area contributed by atoms with Crippen LogP contribution >= 0.6 is 0 Å². The van der Waals surface area contributed by atoms with E-state index in [2.05, 4.69) is 22.1 Å². The highest BCUT2D eigenvalue weighted by Gasteiger charge is 2.59. The van der Waals surface area contributed by atoms with E-state index >= 15 is 0 Å². The summed E-state index contributed by atoms with van der Waals surface area (Å²) in [5.41, 5.74) is 3.13. The largest absolute Gasteiger partial charge is 0.427 e. The second-order valence-corrected chi connectivity index (χ2v) is 7.45. The second-order valence-electron chi connectivity index (χ2n) is 7.45. The van der Waals surface area contributed by atoms with Crippen LogP contribution in [-0.4, -0.2) is 21.8 Å². The Hall–Kier alpha value is -3.48. The zero-order chi connectivity index (χ0) is 21.7. The third-order valence-corrected chi connectivity index (χ3v) is 4.98. The van der Waals surface area contributed by atoms with Crippen LogP contribution in [0, 0.1) is 24.7 Å². The number of nitrogens with two attached hydrogens (primary N) is 1. The van der Waals surface area contributed by atoms with Gasteiger partial charge in [0.15, 0.2) is 5.82 Å². The summed E-state index contributed by atoms with van der Waals surface area (Å²) in [6.45, 7) is 1.72. The molecule has 0 radical (unpaired) electrons. The van der Waals surface area contributed by atoms with E-state index in [0.29, 0.717) is 11.3 Å². The lowest BCUT2D eigenvalue weighted by Gasteiger charge is -2.37. The van der Waals surface area contributed by atoms with Gasteiger partial charge in [-0.05, 0) is 31.4 Å². The summed E-state index contributed by atoms with van der Waals surface area (Å²) in [6.07, 6.45) is -1.82. The number of benzene rings is 1. The van der Waals surface area contributed by atoms with Crippen LogP contribution < -0.4 is 21.9 Å². The molecular weight excluding hydrogens is 399 g/mol.